The van der Waals surface area contributed by atoms with Gasteiger partial charge < -0.3 is 5.32 Å². The van der Waals surface area contributed by atoms with E-state index in [1.54, 1.807) is 37.6 Å². The number of pyridine rings is 1. The van der Waals surface area contributed by atoms with Crippen LogP contribution in [-0.4, -0.2) is 19.9 Å². The second-order valence-corrected chi connectivity index (χ2v) is 6.97. The number of fused-ring (bicyclic) bond motifs is 3. The van der Waals surface area contributed by atoms with E-state index in [1.807, 2.05) is 18.2 Å². The van der Waals surface area contributed by atoms with Crippen molar-refractivity contribution in [3.63, 3.8) is 0 Å². The zero-order valence-corrected chi connectivity index (χ0v) is 15.3. The maximum absolute atomic E-state index is 13.3. The van der Waals surface area contributed by atoms with E-state index in [9.17, 15) is 14.4 Å². The number of hydrogen-bond donors (Lipinski definition) is 1. The molecule has 1 aliphatic heterocycles. The molecular weight excluding hydrogens is 356 g/mol. The van der Waals surface area contributed by atoms with Crippen LogP contribution in [0.4, 0.5) is 5.82 Å². The van der Waals surface area contributed by atoms with Crippen molar-refractivity contribution in [3.05, 3.63) is 97.5 Å². The Labute approximate surface area is 159 Å². The normalized spacial score (nSPS) is 17.1. The minimum Gasteiger partial charge on any atom is -0.340 e. The molecule has 7 heteroatoms. The number of Topliss-reactive ketones (excluding diaryl/α,β-unsaturated/α-hetero) is 1. The highest BCUT2D eigenvalue weighted by Gasteiger charge is 2.42. The molecule has 0 fully saturated rings. The molecule has 0 amide bonds. The fourth-order valence-electron chi connectivity index (χ4n) is 4.15. The van der Waals surface area contributed by atoms with Crippen LogP contribution in [0.25, 0.3) is 5.70 Å². The molecule has 0 unspecified atom stereocenters. The molecule has 7 nitrogen and oxygen atoms in total. The molecule has 2 aromatic heterocycles. The van der Waals surface area contributed by atoms with Crippen LogP contribution in [-0.2, 0) is 14.1 Å². The third-order valence-corrected chi connectivity index (χ3v) is 5.51. The number of nitrogens with zero attached hydrogens (tertiary/aromatic N) is 3. The lowest BCUT2D eigenvalue weighted by molar-refractivity contribution is 0.103. The predicted octanol–water partition coefficient (Wildman–Crippen LogP) is 1.64. The number of aromatic nitrogens is 3. The first-order valence-electron chi connectivity index (χ1n) is 8.86. The Hall–Kier alpha value is -3.74. The van der Waals surface area contributed by atoms with E-state index in [0.29, 0.717) is 28.2 Å². The number of nitrogens with one attached hydrogen (secondary N) is 1. The van der Waals surface area contributed by atoms with E-state index in [1.165, 1.54) is 11.6 Å². The summed E-state index contributed by atoms with van der Waals surface area (Å²) in [6.07, 6.45) is 3.27. The quantitative estimate of drug-likeness (QED) is 0.702. The lowest BCUT2D eigenvalue weighted by Gasteiger charge is -2.29. The minimum atomic E-state index is -0.584. The van der Waals surface area contributed by atoms with Gasteiger partial charge in [0, 0.05) is 49.1 Å². The number of benzene rings is 1. The van der Waals surface area contributed by atoms with Crippen LogP contribution < -0.4 is 16.6 Å². The van der Waals surface area contributed by atoms with Gasteiger partial charge in [0.1, 0.15) is 5.82 Å². The summed E-state index contributed by atoms with van der Waals surface area (Å²) in [7, 11) is 3.06. The van der Waals surface area contributed by atoms with Crippen molar-refractivity contribution in [2.45, 2.75) is 5.92 Å². The number of anilines is 1. The Balaban J connectivity index is 1.90. The van der Waals surface area contributed by atoms with Crippen LogP contribution in [0.5, 0.6) is 0 Å². The number of carbonyl (C=O) groups excluding carboxylic acids is 1. The molecule has 1 N–H and O–H groups in total. The van der Waals surface area contributed by atoms with E-state index in [4.69, 9.17) is 0 Å². The maximum atomic E-state index is 13.3. The summed E-state index contributed by atoms with van der Waals surface area (Å²) >= 11 is 0. The predicted molar refractivity (Wildman–Crippen MR) is 104 cm³/mol. The Morgan fingerprint density at radius 3 is 2.32 bits per heavy atom. The molecule has 1 atom stereocenters. The molecular formula is C21H16N4O3. The largest absolute Gasteiger partial charge is 0.340 e. The molecule has 3 heterocycles. The third-order valence-electron chi connectivity index (χ3n) is 5.51. The molecule has 138 valence electrons. The topological polar surface area (TPSA) is 86.0 Å². The maximum Gasteiger partial charge on any atom is 0.332 e. The SMILES string of the molecule is Cn1c2c(c(=O)n(C)c1=O)[C@@H](c1ccncc1)C1=C(N2)c2ccccc2C1=O. The van der Waals surface area contributed by atoms with Crippen molar-refractivity contribution in [3.8, 4) is 0 Å². The van der Waals surface area contributed by atoms with E-state index in [-0.39, 0.29) is 5.78 Å². The molecule has 0 saturated carbocycles. The Kier molecular flexibility index (Phi) is 3.30. The summed E-state index contributed by atoms with van der Waals surface area (Å²) in [5.74, 6) is -0.278. The number of hydrogen-bond acceptors (Lipinski definition) is 5. The highest BCUT2D eigenvalue weighted by molar-refractivity contribution is 6.23. The molecule has 2 aliphatic rings. The van der Waals surface area contributed by atoms with Crippen LogP contribution >= 0.6 is 0 Å². The molecule has 0 spiro atoms. The van der Waals surface area contributed by atoms with Gasteiger partial charge in [0.05, 0.1) is 11.3 Å². The molecule has 28 heavy (non-hydrogen) atoms. The average Bonchev–Trinajstić information content (AvgIpc) is 3.02. The van der Waals surface area contributed by atoms with Crippen LogP contribution in [0.3, 0.4) is 0 Å². The zero-order valence-electron chi connectivity index (χ0n) is 15.3. The first-order chi connectivity index (χ1) is 13.5. The summed E-state index contributed by atoms with van der Waals surface area (Å²) in [5, 5.41) is 3.22. The zero-order chi connectivity index (χ0) is 19.6. The highest BCUT2D eigenvalue weighted by Crippen LogP contribution is 2.47. The fraction of sp³-hybridized carbons (Fsp3) is 0.143. The van der Waals surface area contributed by atoms with E-state index in [0.717, 1.165) is 15.7 Å². The van der Waals surface area contributed by atoms with Crippen LogP contribution in [0.15, 0.2) is 64.0 Å². The summed E-state index contributed by atoms with van der Waals surface area (Å²) in [6.45, 7) is 0. The van der Waals surface area contributed by atoms with Gasteiger partial charge in [-0.05, 0) is 17.7 Å². The van der Waals surface area contributed by atoms with Crippen molar-refractivity contribution in [2.75, 3.05) is 5.32 Å². The van der Waals surface area contributed by atoms with E-state index in [2.05, 4.69) is 10.3 Å². The van der Waals surface area contributed by atoms with E-state index >= 15 is 0 Å². The monoisotopic (exact) mass is 372 g/mol. The van der Waals surface area contributed by atoms with Gasteiger partial charge in [0.25, 0.3) is 5.56 Å². The third kappa shape index (κ3) is 1.98. The van der Waals surface area contributed by atoms with Gasteiger partial charge in [-0.2, -0.15) is 0 Å². The Morgan fingerprint density at radius 2 is 1.61 bits per heavy atom. The van der Waals surface area contributed by atoms with Crippen LogP contribution in [0, 0.1) is 0 Å². The number of carbonyl (C=O) groups is 1. The Bertz CT molecular complexity index is 1320. The van der Waals surface area contributed by atoms with E-state index < -0.39 is 17.2 Å². The molecule has 3 aromatic rings. The van der Waals surface area contributed by atoms with Crippen molar-refractivity contribution in [2.24, 2.45) is 14.1 Å². The molecule has 1 aromatic carbocycles. The summed E-state index contributed by atoms with van der Waals surface area (Å²) in [4.78, 5) is 42.9. The minimum absolute atomic E-state index is 0.110. The van der Waals surface area contributed by atoms with Crippen molar-refractivity contribution in [1.82, 2.24) is 14.1 Å². The number of rotatable bonds is 1. The molecule has 1 aliphatic carbocycles. The van der Waals surface area contributed by atoms with Gasteiger partial charge in [-0.1, -0.05) is 24.3 Å². The standard InChI is InChI=1S/C21H16N4O3/c1-24-19-16(20(27)25(2)21(24)28)14(11-7-9-22-10-8-11)15-17(23-19)12-5-3-4-6-13(12)18(15)26/h3-10,14,23H,1-2H3/t14-/m0/s1. The van der Waals surface area contributed by atoms with Crippen molar-refractivity contribution in [1.29, 1.82) is 0 Å². The lowest BCUT2D eigenvalue weighted by atomic mass is 9.82. The molecule has 0 bridgehead atoms. The smallest absolute Gasteiger partial charge is 0.332 e. The first-order valence-corrected chi connectivity index (χ1v) is 8.86. The number of allylic oxidation sites excluding steroid dienone is 1. The van der Waals surface area contributed by atoms with Crippen LogP contribution in [0.1, 0.15) is 33.0 Å². The molecule has 0 radical (unpaired) electrons. The van der Waals surface area contributed by atoms with Gasteiger partial charge >= 0.3 is 5.69 Å². The van der Waals surface area contributed by atoms with Gasteiger partial charge in [0.2, 0.25) is 0 Å². The summed E-state index contributed by atoms with van der Waals surface area (Å²) in [6, 6.07) is 10.9. The van der Waals surface area contributed by atoms with Gasteiger partial charge in [-0.25, -0.2) is 4.79 Å². The highest BCUT2D eigenvalue weighted by atomic mass is 16.2. The molecule has 0 saturated heterocycles. The summed E-state index contributed by atoms with van der Waals surface area (Å²) in [5.41, 5.74) is 2.87. The van der Waals surface area contributed by atoms with Gasteiger partial charge in [0.15, 0.2) is 5.78 Å². The lowest BCUT2D eigenvalue weighted by Crippen LogP contribution is -2.42. The van der Waals surface area contributed by atoms with Crippen LogP contribution in [0.2, 0.25) is 0 Å². The fourth-order valence-corrected chi connectivity index (χ4v) is 4.15. The number of ketones is 1. The summed E-state index contributed by atoms with van der Waals surface area (Å²) < 4.78 is 2.49. The molecule has 5 rings (SSSR count). The second kappa shape index (κ2) is 5.63. The van der Waals surface area contributed by atoms with Gasteiger partial charge in [-0.15, -0.1) is 0 Å². The average molecular weight is 372 g/mol. The van der Waals surface area contributed by atoms with Crippen molar-refractivity contribution >= 4 is 17.3 Å². The first kappa shape index (κ1) is 16.4. The Morgan fingerprint density at radius 1 is 0.929 bits per heavy atom. The van der Waals surface area contributed by atoms with Crippen molar-refractivity contribution < 1.29 is 4.79 Å². The second-order valence-electron chi connectivity index (χ2n) is 6.97. The van der Waals surface area contributed by atoms with Gasteiger partial charge in [-0.3, -0.25) is 23.7 Å².